The van der Waals surface area contributed by atoms with Crippen molar-refractivity contribution in [2.75, 3.05) is 0 Å². The van der Waals surface area contributed by atoms with Gasteiger partial charge in [-0.25, -0.2) is 0 Å². The third kappa shape index (κ3) is 8.93. The fourth-order valence-corrected chi connectivity index (χ4v) is 13.0. The molecule has 5 aromatic heterocycles. The number of halogens is 2. The SMILES string of the molecule is CCCCCCCCC(CCCCCC)Cc1ccc(-c2cc3c(cc(-c4ccc(/C=C/c5cc(Br)sc5Br)s4)c4nsnc43)c3nsnc23)s1. The van der Waals surface area contributed by atoms with Crippen molar-refractivity contribution in [2.45, 2.75) is 97.3 Å². The molecule has 7 aromatic rings. The van der Waals surface area contributed by atoms with Crippen molar-refractivity contribution < 1.29 is 0 Å². The molecule has 0 saturated heterocycles. The summed E-state index contributed by atoms with van der Waals surface area (Å²) in [5.74, 6) is 0.768. The minimum absolute atomic E-state index is 0.768. The Kier molecular flexibility index (Phi) is 13.2. The zero-order chi connectivity index (χ0) is 35.2. The number of unbranched alkanes of at least 4 members (excludes halogenated alkanes) is 8. The molecule has 0 aliphatic heterocycles. The van der Waals surface area contributed by atoms with Crippen LogP contribution in [-0.4, -0.2) is 17.5 Å². The van der Waals surface area contributed by atoms with Gasteiger partial charge in [-0.05, 0) is 92.7 Å². The molecule has 0 aliphatic rings. The molecule has 1 atom stereocenters. The molecule has 2 aromatic carbocycles. The molecule has 7 rings (SSSR count). The Balaban J connectivity index is 1.16. The molecular weight excluding hydrogens is 857 g/mol. The summed E-state index contributed by atoms with van der Waals surface area (Å²) in [7, 11) is 0. The zero-order valence-electron chi connectivity index (χ0n) is 29.1. The van der Waals surface area contributed by atoms with Crippen molar-refractivity contribution in [1.82, 2.24) is 17.5 Å². The number of aromatic nitrogens is 4. The van der Waals surface area contributed by atoms with Gasteiger partial charge < -0.3 is 0 Å². The molecule has 0 N–H and O–H groups in total. The number of hydrogen-bond donors (Lipinski definition) is 0. The summed E-state index contributed by atoms with van der Waals surface area (Å²) in [6.07, 6.45) is 21.8. The van der Waals surface area contributed by atoms with Crippen molar-refractivity contribution in [2.24, 2.45) is 5.92 Å². The van der Waals surface area contributed by atoms with Crippen molar-refractivity contribution in [3.05, 3.63) is 65.4 Å². The first-order valence-electron chi connectivity index (χ1n) is 18.2. The topological polar surface area (TPSA) is 51.6 Å². The van der Waals surface area contributed by atoms with Crippen LogP contribution in [0.5, 0.6) is 0 Å². The molecule has 0 spiro atoms. The Morgan fingerprint density at radius 1 is 0.608 bits per heavy atom. The fourth-order valence-electron chi connectivity index (χ4n) is 7.00. The Morgan fingerprint density at radius 3 is 1.80 bits per heavy atom. The number of thiophene rings is 3. The summed E-state index contributed by atoms with van der Waals surface area (Å²) >= 11 is 15.2. The van der Waals surface area contributed by atoms with E-state index < -0.39 is 0 Å². The van der Waals surface area contributed by atoms with Crippen LogP contribution in [0.25, 0.3) is 65.9 Å². The summed E-state index contributed by atoms with van der Waals surface area (Å²) < 4.78 is 21.7. The van der Waals surface area contributed by atoms with Gasteiger partial charge >= 0.3 is 0 Å². The highest BCUT2D eigenvalue weighted by Gasteiger charge is 2.21. The van der Waals surface area contributed by atoms with Gasteiger partial charge in [0.05, 0.1) is 31.0 Å². The molecule has 1 unspecified atom stereocenters. The monoisotopic (exact) mass is 896 g/mol. The second kappa shape index (κ2) is 18.0. The molecule has 0 amide bonds. The standard InChI is InChI=1S/C40H42Br2N4S5/c1-3-5-7-9-10-12-14-25(13-11-8-6-4-2)21-28-18-20-34(48-28)32-24-30-29(37-39(32)46-51-44-37)23-31(38-36(30)43-50-45-38)33-19-17-27(47-33)16-15-26-22-35(41)49-40(26)42/h15-20,22-25H,3-14,21H2,1-2H3/b16-15+. The lowest BCUT2D eigenvalue weighted by atomic mass is 9.91. The second-order valence-corrected chi connectivity index (χ2v) is 20.5. The normalized spacial score (nSPS) is 12.8. The molecule has 266 valence electrons. The maximum Gasteiger partial charge on any atom is 0.114 e. The highest BCUT2D eigenvalue weighted by Crippen LogP contribution is 2.44. The molecule has 0 bridgehead atoms. The lowest BCUT2D eigenvalue weighted by Crippen LogP contribution is -2.04. The number of rotatable bonds is 18. The summed E-state index contributed by atoms with van der Waals surface area (Å²) in [4.78, 5) is 5.13. The van der Waals surface area contributed by atoms with Crippen LogP contribution in [0.4, 0.5) is 0 Å². The molecule has 51 heavy (non-hydrogen) atoms. The highest BCUT2D eigenvalue weighted by molar-refractivity contribution is 9.12. The number of hydrogen-bond acceptors (Lipinski definition) is 9. The van der Waals surface area contributed by atoms with Gasteiger partial charge in [-0.2, -0.15) is 17.5 Å². The third-order valence-electron chi connectivity index (χ3n) is 9.72. The van der Waals surface area contributed by atoms with Crippen LogP contribution < -0.4 is 0 Å². The average Bonchev–Trinajstić information content (AvgIpc) is 3.98. The summed E-state index contributed by atoms with van der Waals surface area (Å²) in [5.41, 5.74) is 7.28. The molecule has 11 heteroatoms. The van der Waals surface area contributed by atoms with Crippen LogP contribution >= 0.6 is 89.3 Å². The van der Waals surface area contributed by atoms with Crippen LogP contribution in [0.1, 0.15) is 106 Å². The lowest BCUT2D eigenvalue weighted by Gasteiger charge is -2.16. The van der Waals surface area contributed by atoms with Gasteiger partial charge in [0.1, 0.15) is 22.1 Å². The van der Waals surface area contributed by atoms with E-state index in [1.54, 1.807) is 22.7 Å². The van der Waals surface area contributed by atoms with Gasteiger partial charge in [0, 0.05) is 47.0 Å². The van der Waals surface area contributed by atoms with Gasteiger partial charge in [0.2, 0.25) is 0 Å². The predicted molar refractivity (Wildman–Crippen MR) is 235 cm³/mol. The van der Waals surface area contributed by atoms with Crippen molar-refractivity contribution >= 4 is 134 Å². The Hall–Kier alpha value is -1.86. The Labute approximate surface area is 338 Å². The van der Waals surface area contributed by atoms with E-state index in [1.807, 2.05) is 11.3 Å². The van der Waals surface area contributed by atoms with E-state index in [2.05, 4.69) is 100 Å². The van der Waals surface area contributed by atoms with Crippen LogP contribution in [-0.2, 0) is 6.42 Å². The summed E-state index contributed by atoms with van der Waals surface area (Å²) in [5, 5.41) is 2.20. The second-order valence-electron chi connectivity index (χ2n) is 13.4. The predicted octanol–water partition coefficient (Wildman–Crippen LogP) is 15.9. The van der Waals surface area contributed by atoms with Crippen LogP contribution in [0.2, 0.25) is 0 Å². The van der Waals surface area contributed by atoms with Crippen LogP contribution in [0.3, 0.4) is 0 Å². The Morgan fingerprint density at radius 2 is 1.18 bits per heavy atom. The van der Waals surface area contributed by atoms with E-state index in [0.717, 1.165) is 57.5 Å². The molecule has 0 fully saturated rings. The average molecular weight is 899 g/mol. The molecular formula is C40H42Br2N4S5. The largest absolute Gasteiger partial charge is 0.172 e. The summed E-state index contributed by atoms with van der Waals surface area (Å²) in [6, 6.07) is 15.8. The first kappa shape index (κ1) is 37.5. The maximum absolute atomic E-state index is 4.88. The maximum atomic E-state index is 4.88. The van der Waals surface area contributed by atoms with E-state index >= 15 is 0 Å². The number of fused-ring (bicyclic) bond motifs is 5. The molecule has 0 saturated carbocycles. The minimum Gasteiger partial charge on any atom is -0.172 e. The lowest BCUT2D eigenvalue weighted by molar-refractivity contribution is 0.404. The first-order valence-corrected chi connectivity index (χ1v) is 23.7. The zero-order valence-corrected chi connectivity index (χ0v) is 36.3. The quantitative estimate of drug-likeness (QED) is 0.0805. The smallest absolute Gasteiger partial charge is 0.114 e. The van der Waals surface area contributed by atoms with Gasteiger partial charge in [0.15, 0.2) is 0 Å². The molecule has 4 nitrogen and oxygen atoms in total. The van der Waals surface area contributed by atoms with Crippen LogP contribution in [0, 0.1) is 5.92 Å². The molecule has 0 aliphatic carbocycles. The van der Waals surface area contributed by atoms with Crippen molar-refractivity contribution in [3.8, 4) is 20.9 Å². The fraction of sp³-hybridized carbons (Fsp3) is 0.400. The van der Waals surface area contributed by atoms with Gasteiger partial charge in [-0.3, -0.25) is 0 Å². The van der Waals surface area contributed by atoms with Gasteiger partial charge in [-0.1, -0.05) is 97.0 Å². The number of benzene rings is 2. The van der Waals surface area contributed by atoms with E-state index in [9.17, 15) is 0 Å². The first-order chi connectivity index (χ1) is 25.0. The molecule has 5 heterocycles. The van der Waals surface area contributed by atoms with E-state index in [-0.39, 0.29) is 0 Å². The van der Waals surface area contributed by atoms with Crippen molar-refractivity contribution in [3.63, 3.8) is 0 Å². The van der Waals surface area contributed by atoms with Crippen LogP contribution in [0.15, 0.2) is 50.0 Å². The van der Waals surface area contributed by atoms with E-state index in [4.69, 9.17) is 17.5 Å². The third-order valence-corrected chi connectivity index (χ3v) is 15.4. The van der Waals surface area contributed by atoms with Gasteiger partial charge in [-0.15, -0.1) is 34.0 Å². The summed E-state index contributed by atoms with van der Waals surface area (Å²) in [6.45, 7) is 4.61. The molecule has 0 radical (unpaired) electrons. The van der Waals surface area contributed by atoms with E-state index in [1.165, 1.54) is 132 Å². The Bertz CT molecular complexity index is 2240. The highest BCUT2D eigenvalue weighted by atomic mass is 79.9. The minimum atomic E-state index is 0.768. The number of nitrogens with zero attached hydrogens (tertiary/aromatic N) is 4. The van der Waals surface area contributed by atoms with E-state index in [0.29, 0.717) is 0 Å². The van der Waals surface area contributed by atoms with Gasteiger partial charge in [0.25, 0.3) is 0 Å². The van der Waals surface area contributed by atoms with Crippen molar-refractivity contribution in [1.29, 1.82) is 0 Å².